The number of anilines is 1. The molecule has 3 rings (SSSR count). The van der Waals surface area contributed by atoms with Gasteiger partial charge in [0.25, 0.3) is 5.69 Å². The number of likely N-dealkylation sites (tertiary alicyclic amines) is 1. The maximum absolute atomic E-state index is 11.8. The third-order valence-electron chi connectivity index (χ3n) is 3.96. The highest BCUT2D eigenvalue weighted by Crippen LogP contribution is 2.30. The zero-order valence-electron chi connectivity index (χ0n) is 12.2. The summed E-state index contributed by atoms with van der Waals surface area (Å²) in [5.41, 5.74) is 1.32. The van der Waals surface area contributed by atoms with Crippen molar-refractivity contribution in [3.05, 3.63) is 40.6 Å². The second-order valence-electron chi connectivity index (χ2n) is 5.44. The first-order valence-electron chi connectivity index (χ1n) is 7.09. The fraction of sp³-hybridized carbons (Fsp3) is 0.333. The van der Waals surface area contributed by atoms with Crippen molar-refractivity contribution in [2.24, 2.45) is 0 Å². The Morgan fingerprint density at radius 1 is 1.41 bits per heavy atom. The smallest absolute Gasteiger partial charge is 0.278 e. The van der Waals surface area contributed by atoms with E-state index in [0.29, 0.717) is 23.9 Å². The zero-order chi connectivity index (χ0) is 15.7. The van der Waals surface area contributed by atoms with Crippen molar-refractivity contribution in [3.8, 4) is 0 Å². The molecule has 0 spiro atoms. The van der Waals surface area contributed by atoms with Crippen LogP contribution in [0.5, 0.6) is 0 Å². The van der Waals surface area contributed by atoms with Crippen LogP contribution in [0.1, 0.15) is 12.8 Å². The molecule has 1 aromatic carbocycles. The van der Waals surface area contributed by atoms with E-state index in [1.165, 1.54) is 6.07 Å². The summed E-state index contributed by atoms with van der Waals surface area (Å²) in [5.74, 6) is 0.0999. The first kappa shape index (κ1) is 14.2. The summed E-state index contributed by atoms with van der Waals surface area (Å²) >= 11 is 0. The summed E-state index contributed by atoms with van der Waals surface area (Å²) in [6.07, 6.45) is 2.87. The van der Waals surface area contributed by atoms with E-state index in [0.717, 1.165) is 12.1 Å². The molecular formula is C15H16N4O3. The van der Waals surface area contributed by atoms with E-state index in [4.69, 9.17) is 0 Å². The van der Waals surface area contributed by atoms with Gasteiger partial charge in [0.1, 0.15) is 5.52 Å². The molecule has 1 aliphatic rings. The van der Waals surface area contributed by atoms with Gasteiger partial charge in [0.2, 0.25) is 5.91 Å². The lowest BCUT2D eigenvalue weighted by molar-refractivity contribution is -0.383. The fourth-order valence-electron chi connectivity index (χ4n) is 2.72. The first-order chi connectivity index (χ1) is 10.6. The molecule has 7 nitrogen and oxygen atoms in total. The van der Waals surface area contributed by atoms with Crippen LogP contribution in [0, 0.1) is 10.1 Å². The fourth-order valence-corrected chi connectivity index (χ4v) is 2.72. The number of nitrogens with one attached hydrogen (secondary N) is 1. The topological polar surface area (TPSA) is 88.4 Å². The summed E-state index contributed by atoms with van der Waals surface area (Å²) in [6, 6.07) is 6.53. The molecule has 1 atom stereocenters. The van der Waals surface area contributed by atoms with Crippen molar-refractivity contribution in [3.63, 3.8) is 0 Å². The number of fused-ring (bicyclic) bond motifs is 1. The van der Waals surface area contributed by atoms with E-state index in [2.05, 4.69) is 10.3 Å². The van der Waals surface area contributed by atoms with Crippen molar-refractivity contribution in [2.45, 2.75) is 18.9 Å². The molecule has 1 fully saturated rings. The van der Waals surface area contributed by atoms with Crippen LogP contribution < -0.4 is 5.32 Å². The highest BCUT2D eigenvalue weighted by molar-refractivity contribution is 5.96. The van der Waals surface area contributed by atoms with Gasteiger partial charge in [-0.2, -0.15) is 0 Å². The number of amides is 1. The molecule has 2 heterocycles. The number of nitro groups is 1. The number of non-ortho nitro benzene ring substituents is 1. The second kappa shape index (κ2) is 5.59. The van der Waals surface area contributed by atoms with Gasteiger partial charge in [-0.25, -0.2) is 0 Å². The van der Waals surface area contributed by atoms with Crippen LogP contribution in [0.15, 0.2) is 30.5 Å². The van der Waals surface area contributed by atoms with Gasteiger partial charge in [-0.1, -0.05) is 0 Å². The molecule has 1 aliphatic heterocycles. The largest absolute Gasteiger partial charge is 0.380 e. The Morgan fingerprint density at radius 2 is 2.23 bits per heavy atom. The summed E-state index contributed by atoms with van der Waals surface area (Å²) in [5, 5.41) is 14.9. The number of nitrogens with zero attached hydrogens (tertiary/aromatic N) is 3. The number of nitro benzene ring substituents is 1. The van der Waals surface area contributed by atoms with Gasteiger partial charge in [0.15, 0.2) is 0 Å². The minimum atomic E-state index is -0.410. The molecule has 1 saturated heterocycles. The molecule has 0 radical (unpaired) electrons. The SMILES string of the molecule is CN1CCC(Nc2ccc([N+](=O)[O-])c3cccnc23)CC1=O. The normalized spacial score (nSPS) is 18.5. The van der Waals surface area contributed by atoms with E-state index < -0.39 is 4.92 Å². The molecule has 114 valence electrons. The number of carbonyl (C=O) groups excluding carboxylic acids is 1. The van der Waals surface area contributed by atoms with Crippen LogP contribution in [-0.4, -0.2) is 40.3 Å². The molecule has 0 saturated carbocycles. The lowest BCUT2D eigenvalue weighted by Gasteiger charge is -2.30. The number of carbonyl (C=O) groups is 1. The number of rotatable bonds is 3. The van der Waals surface area contributed by atoms with Crippen molar-refractivity contribution in [1.29, 1.82) is 0 Å². The third-order valence-corrected chi connectivity index (χ3v) is 3.96. The maximum Gasteiger partial charge on any atom is 0.278 e. The van der Waals surface area contributed by atoms with Gasteiger partial charge < -0.3 is 10.2 Å². The number of piperidine rings is 1. The maximum atomic E-state index is 11.8. The van der Waals surface area contributed by atoms with E-state index >= 15 is 0 Å². The average molecular weight is 300 g/mol. The minimum absolute atomic E-state index is 0.0235. The molecule has 1 amide bonds. The van der Waals surface area contributed by atoms with Crippen LogP contribution >= 0.6 is 0 Å². The predicted molar refractivity (Wildman–Crippen MR) is 82.7 cm³/mol. The monoisotopic (exact) mass is 300 g/mol. The first-order valence-corrected chi connectivity index (χ1v) is 7.09. The van der Waals surface area contributed by atoms with Gasteiger partial charge in [-0.15, -0.1) is 0 Å². The van der Waals surface area contributed by atoms with E-state index in [-0.39, 0.29) is 17.6 Å². The number of hydrogen-bond donors (Lipinski definition) is 1. The van der Waals surface area contributed by atoms with Gasteiger partial charge >= 0.3 is 0 Å². The summed E-state index contributed by atoms with van der Waals surface area (Å²) in [6.45, 7) is 0.703. The summed E-state index contributed by atoms with van der Waals surface area (Å²) < 4.78 is 0. The minimum Gasteiger partial charge on any atom is -0.380 e. The lowest BCUT2D eigenvalue weighted by Crippen LogP contribution is -2.41. The molecule has 1 N–H and O–H groups in total. The number of aromatic nitrogens is 1. The molecule has 22 heavy (non-hydrogen) atoms. The summed E-state index contributed by atoms with van der Waals surface area (Å²) in [7, 11) is 1.79. The number of hydrogen-bond acceptors (Lipinski definition) is 5. The Morgan fingerprint density at radius 3 is 2.95 bits per heavy atom. The second-order valence-corrected chi connectivity index (χ2v) is 5.44. The predicted octanol–water partition coefficient (Wildman–Crippen LogP) is 2.18. The highest BCUT2D eigenvalue weighted by Gasteiger charge is 2.24. The van der Waals surface area contributed by atoms with Crippen LogP contribution in [0.3, 0.4) is 0 Å². The Kier molecular flexibility index (Phi) is 3.62. The van der Waals surface area contributed by atoms with E-state index in [1.54, 1.807) is 36.3 Å². The Bertz CT molecular complexity index is 747. The molecule has 1 unspecified atom stereocenters. The van der Waals surface area contributed by atoms with Crippen molar-refractivity contribution in [2.75, 3.05) is 18.9 Å². The van der Waals surface area contributed by atoms with Gasteiger partial charge in [0.05, 0.1) is 16.0 Å². The van der Waals surface area contributed by atoms with Crippen LogP contribution in [0.2, 0.25) is 0 Å². The lowest BCUT2D eigenvalue weighted by atomic mass is 10.0. The summed E-state index contributed by atoms with van der Waals surface area (Å²) in [4.78, 5) is 28.4. The van der Waals surface area contributed by atoms with Crippen molar-refractivity contribution >= 4 is 28.2 Å². The molecule has 0 aliphatic carbocycles. The quantitative estimate of drug-likeness (QED) is 0.693. The van der Waals surface area contributed by atoms with Crippen LogP contribution in [0.25, 0.3) is 10.9 Å². The van der Waals surface area contributed by atoms with Gasteiger partial charge in [0, 0.05) is 38.3 Å². The molecular weight excluding hydrogens is 284 g/mol. The highest BCUT2D eigenvalue weighted by atomic mass is 16.6. The Labute approximate surface area is 127 Å². The molecule has 2 aromatic rings. The number of benzene rings is 1. The zero-order valence-corrected chi connectivity index (χ0v) is 12.2. The van der Waals surface area contributed by atoms with Crippen molar-refractivity contribution in [1.82, 2.24) is 9.88 Å². The molecule has 0 bridgehead atoms. The Hall–Kier alpha value is -2.70. The molecule has 7 heteroatoms. The van der Waals surface area contributed by atoms with Gasteiger partial charge in [-0.05, 0) is 24.6 Å². The number of pyridine rings is 1. The van der Waals surface area contributed by atoms with Crippen LogP contribution in [0.4, 0.5) is 11.4 Å². The van der Waals surface area contributed by atoms with E-state index in [9.17, 15) is 14.9 Å². The molecule has 1 aromatic heterocycles. The standard InChI is InChI=1S/C15H16N4O3/c1-18-8-6-10(9-14(18)20)17-12-4-5-13(19(21)22)11-3-2-7-16-15(11)12/h2-5,7,10,17H,6,8-9H2,1H3. The third kappa shape index (κ3) is 2.57. The Balaban J connectivity index is 1.93. The van der Waals surface area contributed by atoms with Crippen molar-refractivity contribution < 1.29 is 9.72 Å². The average Bonchev–Trinajstić information content (AvgIpc) is 2.51. The van der Waals surface area contributed by atoms with E-state index in [1.807, 2.05) is 0 Å². The van der Waals surface area contributed by atoms with Gasteiger partial charge in [-0.3, -0.25) is 19.9 Å². The van der Waals surface area contributed by atoms with Crippen LogP contribution in [-0.2, 0) is 4.79 Å².